The van der Waals surface area contributed by atoms with Crippen molar-refractivity contribution in [1.29, 1.82) is 0 Å². The van der Waals surface area contributed by atoms with Crippen molar-refractivity contribution in [3.8, 4) is 0 Å². The molecule has 0 saturated heterocycles. The fraction of sp³-hybridized carbons (Fsp3) is 0.800. The molecule has 1 heterocycles. The molecular weight excluding hydrogens is 268 g/mol. The van der Waals surface area contributed by atoms with Crippen LogP contribution in [0.3, 0.4) is 0 Å². The topological polar surface area (TPSA) is 68.9 Å². The van der Waals surface area contributed by atoms with Crippen molar-refractivity contribution in [1.82, 2.24) is 14.1 Å². The molecule has 3 unspecified atom stereocenters. The maximum absolute atomic E-state index is 12.6. The number of hydrogen-bond acceptors (Lipinski definition) is 4. The van der Waals surface area contributed by atoms with E-state index in [-0.39, 0.29) is 11.7 Å². The average molecular weight is 292 g/mol. The predicted molar refractivity (Wildman–Crippen MR) is 81.6 cm³/mol. The molecule has 1 aromatic rings. The van der Waals surface area contributed by atoms with E-state index in [9.17, 15) is 9.59 Å². The first-order chi connectivity index (χ1) is 10.1. The van der Waals surface area contributed by atoms with Crippen LogP contribution in [0.2, 0.25) is 0 Å². The quantitative estimate of drug-likeness (QED) is 0.897. The number of fused-ring (bicyclic) bond motifs is 1. The van der Waals surface area contributed by atoms with Gasteiger partial charge in [-0.05, 0) is 24.7 Å². The number of nitrogens with zero attached hydrogens (tertiary/aromatic N) is 3. The van der Waals surface area contributed by atoms with Gasteiger partial charge in [0.1, 0.15) is 0 Å². The van der Waals surface area contributed by atoms with E-state index in [2.05, 4.69) is 10.3 Å². The highest BCUT2D eigenvalue weighted by Gasteiger charge is 2.37. The number of hydrogen-bond donors (Lipinski definition) is 1. The van der Waals surface area contributed by atoms with Gasteiger partial charge in [-0.1, -0.05) is 32.1 Å². The summed E-state index contributed by atoms with van der Waals surface area (Å²) in [5.41, 5.74) is -0.644. The number of aromatic nitrogens is 3. The molecule has 3 rings (SSSR count). The monoisotopic (exact) mass is 292 g/mol. The van der Waals surface area contributed by atoms with Crippen LogP contribution >= 0.6 is 0 Å². The lowest BCUT2D eigenvalue weighted by atomic mass is 9.68. The zero-order valence-corrected chi connectivity index (χ0v) is 12.8. The lowest BCUT2D eigenvalue weighted by Gasteiger charge is -2.41. The van der Waals surface area contributed by atoms with E-state index in [1.165, 1.54) is 34.8 Å². The van der Waals surface area contributed by atoms with Crippen molar-refractivity contribution in [3.63, 3.8) is 0 Å². The number of anilines is 1. The van der Waals surface area contributed by atoms with Gasteiger partial charge in [-0.2, -0.15) is 4.98 Å². The van der Waals surface area contributed by atoms with Crippen molar-refractivity contribution < 1.29 is 0 Å². The Kier molecular flexibility index (Phi) is 3.87. The molecule has 0 bridgehead atoms. The second-order valence-electron chi connectivity index (χ2n) is 6.39. The Morgan fingerprint density at radius 1 is 1.10 bits per heavy atom. The molecule has 21 heavy (non-hydrogen) atoms. The van der Waals surface area contributed by atoms with E-state index >= 15 is 0 Å². The third kappa shape index (κ3) is 2.40. The van der Waals surface area contributed by atoms with E-state index in [1.54, 1.807) is 14.1 Å². The highest BCUT2D eigenvalue weighted by atomic mass is 16.2. The summed E-state index contributed by atoms with van der Waals surface area (Å²) >= 11 is 0. The second-order valence-corrected chi connectivity index (χ2v) is 6.39. The van der Waals surface area contributed by atoms with Gasteiger partial charge in [-0.25, -0.2) is 14.2 Å². The molecule has 3 atom stereocenters. The van der Waals surface area contributed by atoms with Gasteiger partial charge in [0.15, 0.2) is 0 Å². The van der Waals surface area contributed by atoms with Crippen molar-refractivity contribution >= 4 is 5.95 Å². The molecule has 1 N–H and O–H groups in total. The Labute approximate surface area is 124 Å². The molecule has 0 amide bonds. The molecular formula is C15H24N4O2. The molecule has 116 valence electrons. The summed E-state index contributed by atoms with van der Waals surface area (Å²) in [5.74, 6) is 1.48. The minimum atomic E-state index is -0.404. The van der Waals surface area contributed by atoms with Crippen LogP contribution in [-0.4, -0.2) is 21.2 Å². The fourth-order valence-corrected chi connectivity index (χ4v) is 4.29. The molecule has 2 fully saturated rings. The Hall–Kier alpha value is -1.59. The maximum atomic E-state index is 12.6. The molecule has 6 nitrogen and oxygen atoms in total. The van der Waals surface area contributed by atoms with Crippen LogP contribution in [0.4, 0.5) is 5.95 Å². The highest BCUT2D eigenvalue weighted by Crippen LogP contribution is 2.45. The van der Waals surface area contributed by atoms with Gasteiger partial charge >= 0.3 is 11.4 Å². The molecule has 6 heteroatoms. The van der Waals surface area contributed by atoms with E-state index in [1.807, 2.05) is 0 Å². The fourth-order valence-electron chi connectivity index (χ4n) is 4.29. The summed E-state index contributed by atoms with van der Waals surface area (Å²) < 4.78 is 2.86. The van der Waals surface area contributed by atoms with E-state index in [0.29, 0.717) is 17.8 Å². The first-order valence-corrected chi connectivity index (χ1v) is 8.00. The van der Waals surface area contributed by atoms with Crippen LogP contribution in [0.25, 0.3) is 0 Å². The summed E-state index contributed by atoms with van der Waals surface area (Å²) in [7, 11) is 3.33. The van der Waals surface area contributed by atoms with Crippen LogP contribution in [0.1, 0.15) is 51.0 Å². The Morgan fingerprint density at radius 3 is 2.57 bits per heavy atom. The predicted octanol–water partition coefficient (Wildman–Crippen LogP) is 1.52. The number of nitrogens with one attached hydrogen (secondary N) is 1. The molecule has 1 aromatic heterocycles. The van der Waals surface area contributed by atoms with Gasteiger partial charge in [0.2, 0.25) is 5.95 Å². The SMILES string of the molecule is CNc1nc(=O)n(C2CCCC3CCCCC32)c(=O)n1C. The first kappa shape index (κ1) is 14.4. The zero-order chi connectivity index (χ0) is 15.0. The van der Waals surface area contributed by atoms with Crippen LogP contribution in [0.15, 0.2) is 9.59 Å². The smallest absolute Gasteiger partial charge is 0.355 e. The molecule has 2 aliphatic rings. The highest BCUT2D eigenvalue weighted by molar-refractivity contribution is 5.21. The molecule has 0 aliphatic heterocycles. The summed E-state index contributed by atoms with van der Waals surface area (Å²) in [6.07, 6.45) is 8.17. The molecule has 0 aromatic carbocycles. The summed E-state index contributed by atoms with van der Waals surface area (Å²) in [5, 5.41) is 2.80. The standard InChI is InChI=1S/C15H24N4O2/c1-16-13-17-14(20)19(15(21)18(13)2)12-9-5-7-10-6-3-4-8-11(10)12/h10-12H,3-9H2,1-2H3,(H,16,17,20). The third-order valence-corrected chi connectivity index (χ3v) is 5.31. The lowest BCUT2D eigenvalue weighted by Crippen LogP contribution is -2.48. The average Bonchev–Trinajstić information content (AvgIpc) is 2.51. The van der Waals surface area contributed by atoms with Gasteiger partial charge in [0, 0.05) is 20.1 Å². The molecule has 0 spiro atoms. The molecule has 2 saturated carbocycles. The van der Waals surface area contributed by atoms with Crippen molar-refractivity contribution in [2.24, 2.45) is 18.9 Å². The maximum Gasteiger partial charge on any atom is 0.355 e. The molecule has 0 radical (unpaired) electrons. The Bertz CT molecular complexity index is 632. The van der Waals surface area contributed by atoms with Crippen LogP contribution in [0.5, 0.6) is 0 Å². The third-order valence-electron chi connectivity index (χ3n) is 5.31. The van der Waals surface area contributed by atoms with Crippen LogP contribution < -0.4 is 16.7 Å². The summed E-state index contributed by atoms with van der Waals surface area (Å²) in [6.45, 7) is 0. The van der Waals surface area contributed by atoms with Gasteiger partial charge in [0.25, 0.3) is 0 Å². The summed E-state index contributed by atoms with van der Waals surface area (Å²) in [6, 6.07) is 0.0358. The normalized spacial score (nSPS) is 29.0. The van der Waals surface area contributed by atoms with E-state index < -0.39 is 5.69 Å². The van der Waals surface area contributed by atoms with Gasteiger partial charge in [0.05, 0.1) is 0 Å². The molecule has 2 aliphatic carbocycles. The van der Waals surface area contributed by atoms with Gasteiger partial charge < -0.3 is 5.32 Å². The minimum Gasteiger partial charge on any atom is -0.358 e. The zero-order valence-electron chi connectivity index (χ0n) is 12.8. The summed E-state index contributed by atoms with van der Waals surface area (Å²) in [4.78, 5) is 29.0. The second kappa shape index (κ2) is 5.66. The van der Waals surface area contributed by atoms with E-state index in [4.69, 9.17) is 0 Å². The Balaban J connectivity index is 2.05. The van der Waals surface area contributed by atoms with Crippen LogP contribution in [0, 0.1) is 11.8 Å². The van der Waals surface area contributed by atoms with Crippen molar-refractivity contribution in [2.75, 3.05) is 12.4 Å². The van der Waals surface area contributed by atoms with Crippen molar-refractivity contribution in [3.05, 3.63) is 21.0 Å². The van der Waals surface area contributed by atoms with Gasteiger partial charge in [-0.15, -0.1) is 0 Å². The Morgan fingerprint density at radius 2 is 1.81 bits per heavy atom. The van der Waals surface area contributed by atoms with Crippen LogP contribution in [-0.2, 0) is 7.05 Å². The van der Waals surface area contributed by atoms with Crippen molar-refractivity contribution in [2.45, 2.75) is 51.0 Å². The van der Waals surface area contributed by atoms with Gasteiger partial charge in [-0.3, -0.25) is 4.57 Å². The largest absolute Gasteiger partial charge is 0.358 e. The lowest BCUT2D eigenvalue weighted by molar-refractivity contribution is 0.102. The number of rotatable bonds is 2. The minimum absolute atomic E-state index is 0.0358. The first-order valence-electron chi connectivity index (χ1n) is 8.00. The van der Waals surface area contributed by atoms with E-state index in [0.717, 1.165) is 19.3 Å².